The van der Waals surface area contributed by atoms with E-state index in [1.54, 1.807) is 0 Å². The Morgan fingerprint density at radius 1 is 1.07 bits per heavy atom. The van der Waals surface area contributed by atoms with Gasteiger partial charge in [-0.3, -0.25) is 0 Å². The van der Waals surface area contributed by atoms with Gasteiger partial charge in [0.05, 0.1) is 6.10 Å². The molecule has 0 aliphatic heterocycles. The van der Waals surface area contributed by atoms with Crippen LogP contribution in [0.5, 0.6) is 0 Å². The molecule has 2 N–H and O–H groups in total. The average Bonchev–Trinajstić information content (AvgIpc) is 2.19. The van der Waals surface area contributed by atoms with E-state index in [0.29, 0.717) is 0 Å². The van der Waals surface area contributed by atoms with Crippen molar-refractivity contribution in [3.8, 4) is 0 Å². The summed E-state index contributed by atoms with van der Waals surface area (Å²) < 4.78 is 0. The molecule has 92 valence electrons. The van der Waals surface area contributed by atoms with Crippen LogP contribution in [0.15, 0.2) is 0 Å². The van der Waals surface area contributed by atoms with Crippen molar-refractivity contribution < 1.29 is 5.11 Å². The molecule has 0 amide bonds. The van der Waals surface area contributed by atoms with Crippen molar-refractivity contribution in [3.05, 3.63) is 0 Å². The van der Waals surface area contributed by atoms with E-state index in [0.717, 1.165) is 52.0 Å². The highest BCUT2D eigenvalue weighted by Crippen LogP contribution is 1.96. The van der Waals surface area contributed by atoms with Gasteiger partial charge in [-0.05, 0) is 38.9 Å². The van der Waals surface area contributed by atoms with Crippen LogP contribution >= 0.6 is 0 Å². The summed E-state index contributed by atoms with van der Waals surface area (Å²) in [5, 5.41) is 13.0. The molecule has 0 fully saturated rings. The lowest BCUT2D eigenvalue weighted by molar-refractivity contribution is 0.111. The summed E-state index contributed by atoms with van der Waals surface area (Å²) in [6, 6.07) is 0. The highest BCUT2D eigenvalue weighted by atomic mass is 16.3. The summed E-state index contributed by atoms with van der Waals surface area (Å²) in [6.45, 7) is 11.2. The highest BCUT2D eigenvalue weighted by molar-refractivity contribution is 4.66. The monoisotopic (exact) mass is 216 g/mol. The third-order valence-electron chi connectivity index (χ3n) is 2.36. The quantitative estimate of drug-likeness (QED) is 0.543. The first-order valence-corrected chi connectivity index (χ1v) is 6.35. The molecule has 0 rings (SSSR count). The van der Waals surface area contributed by atoms with Crippen LogP contribution in [0, 0.1) is 0 Å². The molecule has 0 saturated heterocycles. The van der Waals surface area contributed by atoms with Crippen molar-refractivity contribution in [2.75, 3.05) is 32.7 Å². The van der Waals surface area contributed by atoms with E-state index >= 15 is 0 Å². The van der Waals surface area contributed by atoms with Crippen LogP contribution in [0.3, 0.4) is 0 Å². The summed E-state index contributed by atoms with van der Waals surface area (Å²) in [5.41, 5.74) is 0. The second kappa shape index (κ2) is 10.4. The zero-order chi connectivity index (χ0) is 11.5. The Morgan fingerprint density at radius 3 is 2.13 bits per heavy atom. The van der Waals surface area contributed by atoms with Gasteiger partial charge in [0.25, 0.3) is 0 Å². The zero-order valence-electron chi connectivity index (χ0n) is 10.6. The molecule has 0 spiro atoms. The van der Waals surface area contributed by atoms with E-state index in [2.05, 4.69) is 31.0 Å². The fraction of sp³-hybridized carbons (Fsp3) is 1.00. The smallest absolute Gasteiger partial charge is 0.0791 e. The largest absolute Gasteiger partial charge is 0.390 e. The van der Waals surface area contributed by atoms with Gasteiger partial charge in [-0.25, -0.2) is 0 Å². The van der Waals surface area contributed by atoms with Crippen molar-refractivity contribution in [1.82, 2.24) is 10.2 Å². The number of nitrogens with zero attached hydrogens (tertiary/aromatic N) is 1. The SMILES string of the molecule is CCCNCC(O)CN(CCC)CCC. The molecular formula is C12H28N2O. The highest BCUT2D eigenvalue weighted by Gasteiger charge is 2.09. The van der Waals surface area contributed by atoms with Crippen molar-refractivity contribution in [2.24, 2.45) is 0 Å². The molecule has 1 unspecified atom stereocenters. The van der Waals surface area contributed by atoms with Crippen molar-refractivity contribution in [3.63, 3.8) is 0 Å². The van der Waals surface area contributed by atoms with Crippen LogP contribution in [0.25, 0.3) is 0 Å². The van der Waals surface area contributed by atoms with Crippen LogP contribution in [0.1, 0.15) is 40.0 Å². The van der Waals surface area contributed by atoms with E-state index in [-0.39, 0.29) is 6.10 Å². The molecule has 0 bridgehead atoms. The lowest BCUT2D eigenvalue weighted by atomic mass is 10.2. The van der Waals surface area contributed by atoms with Crippen molar-refractivity contribution in [1.29, 1.82) is 0 Å². The van der Waals surface area contributed by atoms with Crippen LogP contribution in [-0.4, -0.2) is 48.8 Å². The minimum Gasteiger partial charge on any atom is -0.390 e. The van der Waals surface area contributed by atoms with Gasteiger partial charge in [0, 0.05) is 13.1 Å². The molecule has 0 radical (unpaired) electrons. The van der Waals surface area contributed by atoms with Gasteiger partial charge < -0.3 is 15.3 Å². The van der Waals surface area contributed by atoms with Gasteiger partial charge in [0.1, 0.15) is 0 Å². The van der Waals surface area contributed by atoms with E-state index in [1.165, 1.54) is 0 Å². The maximum Gasteiger partial charge on any atom is 0.0791 e. The number of hydrogen-bond donors (Lipinski definition) is 2. The summed E-state index contributed by atoms with van der Waals surface area (Å²) in [5.74, 6) is 0. The van der Waals surface area contributed by atoms with Crippen LogP contribution in [0.2, 0.25) is 0 Å². The van der Waals surface area contributed by atoms with Gasteiger partial charge in [-0.1, -0.05) is 20.8 Å². The molecule has 0 aromatic heterocycles. The fourth-order valence-corrected chi connectivity index (χ4v) is 1.73. The molecule has 1 atom stereocenters. The Morgan fingerprint density at radius 2 is 1.67 bits per heavy atom. The molecule has 3 nitrogen and oxygen atoms in total. The Bertz CT molecular complexity index is 125. The maximum atomic E-state index is 9.80. The molecule has 0 aliphatic carbocycles. The Hall–Kier alpha value is -0.120. The first kappa shape index (κ1) is 14.9. The molecule has 0 saturated carbocycles. The van der Waals surface area contributed by atoms with Crippen molar-refractivity contribution in [2.45, 2.75) is 46.1 Å². The van der Waals surface area contributed by atoms with E-state index in [9.17, 15) is 5.11 Å². The van der Waals surface area contributed by atoms with Gasteiger partial charge in [-0.15, -0.1) is 0 Å². The maximum absolute atomic E-state index is 9.80. The second-order valence-electron chi connectivity index (χ2n) is 4.16. The standard InChI is InChI=1S/C12H28N2O/c1-4-7-13-10-12(15)11-14(8-5-2)9-6-3/h12-13,15H,4-11H2,1-3H3. The van der Waals surface area contributed by atoms with Gasteiger partial charge >= 0.3 is 0 Å². The number of aliphatic hydroxyl groups excluding tert-OH is 1. The lowest BCUT2D eigenvalue weighted by Crippen LogP contribution is -2.39. The van der Waals surface area contributed by atoms with E-state index in [4.69, 9.17) is 0 Å². The van der Waals surface area contributed by atoms with E-state index < -0.39 is 0 Å². The lowest BCUT2D eigenvalue weighted by Gasteiger charge is -2.24. The predicted molar refractivity (Wildman–Crippen MR) is 66.2 cm³/mol. The molecule has 0 aromatic rings. The fourth-order valence-electron chi connectivity index (χ4n) is 1.73. The topological polar surface area (TPSA) is 35.5 Å². The van der Waals surface area contributed by atoms with Gasteiger partial charge in [0.2, 0.25) is 0 Å². The Labute approximate surface area is 94.9 Å². The third kappa shape index (κ3) is 8.85. The minimum atomic E-state index is -0.227. The number of aliphatic hydroxyl groups is 1. The molecule has 0 heterocycles. The molecule has 15 heavy (non-hydrogen) atoms. The first-order valence-electron chi connectivity index (χ1n) is 6.35. The summed E-state index contributed by atoms with van der Waals surface area (Å²) in [4.78, 5) is 2.35. The molecular weight excluding hydrogens is 188 g/mol. The predicted octanol–water partition coefficient (Wildman–Crippen LogP) is 1.47. The first-order chi connectivity index (χ1) is 7.24. The van der Waals surface area contributed by atoms with Crippen molar-refractivity contribution >= 4 is 0 Å². The minimum absolute atomic E-state index is 0.227. The van der Waals surface area contributed by atoms with Gasteiger partial charge in [-0.2, -0.15) is 0 Å². The number of rotatable bonds is 10. The summed E-state index contributed by atoms with van der Waals surface area (Å²) >= 11 is 0. The Kier molecular flexibility index (Phi) is 10.3. The third-order valence-corrected chi connectivity index (χ3v) is 2.36. The second-order valence-corrected chi connectivity index (χ2v) is 4.16. The molecule has 0 aliphatic rings. The van der Waals surface area contributed by atoms with Crippen LogP contribution in [-0.2, 0) is 0 Å². The van der Waals surface area contributed by atoms with Crippen LogP contribution in [0.4, 0.5) is 0 Å². The zero-order valence-corrected chi connectivity index (χ0v) is 10.6. The van der Waals surface area contributed by atoms with E-state index in [1.807, 2.05) is 0 Å². The summed E-state index contributed by atoms with van der Waals surface area (Å²) in [7, 11) is 0. The Balaban J connectivity index is 3.62. The molecule has 0 aromatic carbocycles. The van der Waals surface area contributed by atoms with Gasteiger partial charge in [0.15, 0.2) is 0 Å². The number of nitrogens with one attached hydrogen (secondary N) is 1. The number of hydrogen-bond acceptors (Lipinski definition) is 3. The summed E-state index contributed by atoms with van der Waals surface area (Å²) in [6.07, 6.45) is 3.22. The normalized spacial score (nSPS) is 13.4. The van der Waals surface area contributed by atoms with Crippen LogP contribution < -0.4 is 5.32 Å². The molecule has 3 heteroatoms. The average molecular weight is 216 g/mol.